The molecule has 1 heterocycles. The third-order valence-electron chi connectivity index (χ3n) is 2.30. The Morgan fingerprint density at radius 1 is 1.42 bits per heavy atom. The first-order valence-electron chi connectivity index (χ1n) is 5.71. The molecule has 1 aromatic heterocycles. The van der Waals surface area contributed by atoms with Gasteiger partial charge in [-0.05, 0) is 28.3 Å². The van der Waals surface area contributed by atoms with Crippen molar-refractivity contribution in [1.29, 1.82) is 0 Å². The Kier molecular flexibility index (Phi) is 5.50. The predicted molar refractivity (Wildman–Crippen MR) is 70.5 cm³/mol. The highest BCUT2D eigenvalue weighted by Gasteiger charge is 2.27. The van der Waals surface area contributed by atoms with E-state index < -0.39 is 24.0 Å². The summed E-state index contributed by atoms with van der Waals surface area (Å²) in [4.78, 5) is 34.0. The largest absolute Gasteiger partial charge is 0.452 e. The summed E-state index contributed by atoms with van der Waals surface area (Å²) in [5.41, 5.74) is 5.69. The summed E-state index contributed by atoms with van der Waals surface area (Å²) in [6.45, 7) is 3.42. The quantitative estimate of drug-likeness (QED) is 0.790. The van der Waals surface area contributed by atoms with E-state index in [2.05, 4.69) is 0 Å². The van der Waals surface area contributed by atoms with E-state index in [0.29, 0.717) is 0 Å². The Balaban J connectivity index is 2.60. The number of urea groups is 1. The van der Waals surface area contributed by atoms with Crippen LogP contribution < -0.4 is 11.1 Å². The second kappa shape index (κ2) is 6.89. The first kappa shape index (κ1) is 15.2. The monoisotopic (exact) mass is 284 g/mol. The number of imide groups is 1. The molecule has 1 rings (SSSR count). The van der Waals surface area contributed by atoms with Crippen molar-refractivity contribution in [3.63, 3.8) is 0 Å². The SMILES string of the molecule is CC(C)[C@H](OC(=O)Cc1ccsc1)C(=O)NC(N)=O. The van der Waals surface area contributed by atoms with Crippen molar-refractivity contribution in [1.82, 2.24) is 5.32 Å². The summed E-state index contributed by atoms with van der Waals surface area (Å²) < 4.78 is 5.09. The molecular formula is C12H16N2O4S. The van der Waals surface area contributed by atoms with Gasteiger partial charge in [-0.25, -0.2) is 4.79 Å². The Morgan fingerprint density at radius 3 is 2.58 bits per heavy atom. The zero-order chi connectivity index (χ0) is 14.4. The number of nitrogens with two attached hydrogens (primary N) is 1. The second-order valence-corrected chi connectivity index (χ2v) is 5.10. The highest BCUT2D eigenvalue weighted by molar-refractivity contribution is 7.07. The van der Waals surface area contributed by atoms with E-state index >= 15 is 0 Å². The van der Waals surface area contributed by atoms with Crippen LogP contribution in [0.25, 0.3) is 0 Å². The topological polar surface area (TPSA) is 98.5 Å². The Hall–Kier alpha value is -1.89. The van der Waals surface area contributed by atoms with Gasteiger partial charge in [-0.2, -0.15) is 11.3 Å². The van der Waals surface area contributed by atoms with Crippen LogP contribution in [0.15, 0.2) is 16.8 Å². The normalized spacial score (nSPS) is 11.9. The summed E-state index contributed by atoms with van der Waals surface area (Å²) in [7, 11) is 0. The molecule has 3 N–H and O–H groups in total. The lowest BCUT2D eigenvalue weighted by Crippen LogP contribution is -2.45. The predicted octanol–water partition coefficient (Wildman–Crippen LogP) is 1.05. The van der Waals surface area contributed by atoms with Crippen molar-refractivity contribution in [3.8, 4) is 0 Å². The van der Waals surface area contributed by atoms with Crippen LogP contribution in [0.1, 0.15) is 19.4 Å². The number of thiophene rings is 1. The third-order valence-corrected chi connectivity index (χ3v) is 3.03. The van der Waals surface area contributed by atoms with Gasteiger partial charge in [0.1, 0.15) is 0 Å². The molecule has 0 fully saturated rings. The number of carbonyl (C=O) groups excluding carboxylic acids is 3. The number of hydrogen-bond acceptors (Lipinski definition) is 5. The lowest BCUT2D eigenvalue weighted by molar-refractivity contribution is -0.157. The molecule has 0 saturated heterocycles. The maximum Gasteiger partial charge on any atom is 0.318 e. The highest BCUT2D eigenvalue weighted by atomic mass is 32.1. The molecule has 1 aromatic rings. The molecule has 104 valence electrons. The van der Waals surface area contributed by atoms with Crippen LogP contribution in [-0.4, -0.2) is 24.0 Å². The fraction of sp³-hybridized carbons (Fsp3) is 0.417. The van der Waals surface area contributed by atoms with Gasteiger partial charge in [-0.3, -0.25) is 14.9 Å². The number of primary amides is 1. The minimum atomic E-state index is -1.03. The Morgan fingerprint density at radius 2 is 2.11 bits per heavy atom. The van der Waals surface area contributed by atoms with Gasteiger partial charge in [0.05, 0.1) is 6.42 Å². The van der Waals surface area contributed by atoms with Gasteiger partial charge in [-0.1, -0.05) is 13.8 Å². The molecule has 3 amide bonds. The molecule has 0 aliphatic heterocycles. The maximum absolute atomic E-state index is 11.7. The number of esters is 1. The van der Waals surface area contributed by atoms with Gasteiger partial charge in [0.2, 0.25) is 0 Å². The zero-order valence-electron chi connectivity index (χ0n) is 10.7. The molecule has 0 aromatic carbocycles. The van der Waals surface area contributed by atoms with Crippen LogP contribution in [0.5, 0.6) is 0 Å². The number of rotatable bonds is 5. The second-order valence-electron chi connectivity index (χ2n) is 4.32. The van der Waals surface area contributed by atoms with Gasteiger partial charge < -0.3 is 10.5 Å². The summed E-state index contributed by atoms with van der Waals surface area (Å²) >= 11 is 1.47. The van der Waals surface area contributed by atoms with Crippen molar-refractivity contribution < 1.29 is 19.1 Å². The van der Waals surface area contributed by atoms with Gasteiger partial charge in [0.25, 0.3) is 5.91 Å². The Bertz CT molecular complexity index is 456. The van der Waals surface area contributed by atoms with Crippen molar-refractivity contribution >= 4 is 29.2 Å². The van der Waals surface area contributed by atoms with Crippen LogP contribution in [0.2, 0.25) is 0 Å². The van der Waals surface area contributed by atoms with Crippen molar-refractivity contribution in [2.45, 2.75) is 26.4 Å². The molecule has 7 heteroatoms. The van der Waals surface area contributed by atoms with E-state index in [1.165, 1.54) is 11.3 Å². The van der Waals surface area contributed by atoms with Crippen LogP contribution in [-0.2, 0) is 20.7 Å². The molecule has 0 radical (unpaired) electrons. The fourth-order valence-electron chi connectivity index (χ4n) is 1.43. The van der Waals surface area contributed by atoms with Gasteiger partial charge >= 0.3 is 12.0 Å². The van der Waals surface area contributed by atoms with Crippen molar-refractivity contribution in [2.75, 3.05) is 0 Å². The highest BCUT2D eigenvalue weighted by Crippen LogP contribution is 2.11. The molecule has 6 nitrogen and oxygen atoms in total. The molecule has 0 aliphatic rings. The summed E-state index contributed by atoms with van der Waals surface area (Å²) in [6, 6.07) is 0.837. The van der Waals surface area contributed by atoms with Crippen molar-refractivity contribution in [2.24, 2.45) is 11.7 Å². The van der Waals surface area contributed by atoms with Crippen LogP contribution >= 0.6 is 11.3 Å². The van der Waals surface area contributed by atoms with E-state index in [1.807, 2.05) is 16.1 Å². The molecule has 0 aliphatic carbocycles. The first-order chi connectivity index (χ1) is 8.90. The number of carbonyl (C=O) groups is 3. The van der Waals surface area contributed by atoms with E-state index in [-0.39, 0.29) is 12.3 Å². The third kappa shape index (κ3) is 5.09. The molecule has 0 saturated carbocycles. The number of ether oxygens (including phenoxy) is 1. The lowest BCUT2D eigenvalue weighted by atomic mass is 10.1. The van der Waals surface area contributed by atoms with Crippen molar-refractivity contribution in [3.05, 3.63) is 22.4 Å². The minimum absolute atomic E-state index is 0.0938. The fourth-order valence-corrected chi connectivity index (χ4v) is 2.10. The first-order valence-corrected chi connectivity index (χ1v) is 6.65. The van der Waals surface area contributed by atoms with Crippen LogP contribution in [0, 0.1) is 5.92 Å². The van der Waals surface area contributed by atoms with Crippen LogP contribution in [0.4, 0.5) is 4.79 Å². The number of nitrogens with one attached hydrogen (secondary N) is 1. The average Bonchev–Trinajstić information content (AvgIpc) is 2.77. The molecule has 0 spiro atoms. The molecule has 0 bridgehead atoms. The summed E-state index contributed by atoms with van der Waals surface area (Å²) in [6.07, 6.45) is -0.935. The van der Waals surface area contributed by atoms with Gasteiger partial charge in [0.15, 0.2) is 6.10 Å². The van der Waals surface area contributed by atoms with E-state index in [9.17, 15) is 14.4 Å². The molecule has 19 heavy (non-hydrogen) atoms. The molecular weight excluding hydrogens is 268 g/mol. The summed E-state index contributed by atoms with van der Waals surface area (Å²) in [5.74, 6) is -1.48. The molecule has 1 atom stereocenters. The van der Waals surface area contributed by atoms with E-state index in [1.54, 1.807) is 19.9 Å². The van der Waals surface area contributed by atoms with Gasteiger partial charge in [0, 0.05) is 0 Å². The lowest BCUT2D eigenvalue weighted by Gasteiger charge is -2.19. The number of amides is 3. The van der Waals surface area contributed by atoms with Crippen LogP contribution in [0.3, 0.4) is 0 Å². The standard InChI is InChI=1S/C12H16N2O4S/c1-7(2)10(11(16)14-12(13)17)18-9(15)5-8-3-4-19-6-8/h3-4,6-7,10H,5H2,1-2H3,(H3,13,14,16,17)/t10-/m0/s1. The van der Waals surface area contributed by atoms with E-state index in [0.717, 1.165) is 5.56 Å². The van der Waals surface area contributed by atoms with Gasteiger partial charge in [-0.15, -0.1) is 0 Å². The number of hydrogen-bond donors (Lipinski definition) is 2. The zero-order valence-corrected chi connectivity index (χ0v) is 11.5. The minimum Gasteiger partial charge on any atom is -0.452 e. The van der Waals surface area contributed by atoms with E-state index in [4.69, 9.17) is 10.5 Å². The molecule has 0 unspecified atom stereocenters. The maximum atomic E-state index is 11.7. The summed E-state index contributed by atoms with van der Waals surface area (Å²) in [5, 5.41) is 5.59. The smallest absolute Gasteiger partial charge is 0.318 e. The Labute approximate surface area is 114 Å². The average molecular weight is 284 g/mol.